The van der Waals surface area contributed by atoms with E-state index < -0.39 is 16.8 Å². The maximum absolute atomic E-state index is 12.8. The van der Waals surface area contributed by atoms with Gasteiger partial charge in [0.05, 0.1) is 11.5 Å². The Bertz CT molecular complexity index is 928. The molecule has 0 N–H and O–H groups in total. The van der Waals surface area contributed by atoms with E-state index in [0.29, 0.717) is 6.42 Å². The molecule has 2 aromatic rings. The van der Waals surface area contributed by atoms with Gasteiger partial charge < -0.3 is 4.74 Å². The van der Waals surface area contributed by atoms with Crippen LogP contribution in [0.5, 0.6) is 0 Å². The van der Waals surface area contributed by atoms with Crippen LogP contribution in [0.1, 0.15) is 36.0 Å². The SMILES string of the molecule is CCOC(=O)[C@@H]1C(=O)C=C(c2ccc([N+](=O)[O-])cc2)C[C@H]1c1ccc(C)cc1. The molecular formula is C22H21NO5. The van der Waals surface area contributed by atoms with Crippen LogP contribution in [0.4, 0.5) is 5.69 Å². The van der Waals surface area contributed by atoms with Gasteiger partial charge in [-0.25, -0.2) is 0 Å². The molecule has 1 aliphatic rings. The summed E-state index contributed by atoms with van der Waals surface area (Å²) in [5, 5.41) is 10.9. The minimum Gasteiger partial charge on any atom is -0.465 e. The molecule has 0 spiro atoms. The van der Waals surface area contributed by atoms with Crippen molar-refractivity contribution in [3.8, 4) is 0 Å². The first-order valence-corrected chi connectivity index (χ1v) is 9.13. The number of nitro benzene ring substituents is 1. The van der Waals surface area contributed by atoms with Crippen LogP contribution in [0.3, 0.4) is 0 Å². The van der Waals surface area contributed by atoms with E-state index in [9.17, 15) is 19.7 Å². The van der Waals surface area contributed by atoms with Gasteiger partial charge in [0.2, 0.25) is 0 Å². The van der Waals surface area contributed by atoms with Crippen LogP contribution in [0.25, 0.3) is 5.57 Å². The lowest BCUT2D eigenvalue weighted by atomic mass is 9.73. The number of rotatable bonds is 5. The number of benzene rings is 2. The average molecular weight is 379 g/mol. The summed E-state index contributed by atoms with van der Waals surface area (Å²) >= 11 is 0. The van der Waals surface area contributed by atoms with Gasteiger partial charge in [0.25, 0.3) is 5.69 Å². The molecule has 144 valence electrons. The Kier molecular flexibility index (Phi) is 5.68. The zero-order chi connectivity index (χ0) is 20.3. The maximum Gasteiger partial charge on any atom is 0.317 e. The Balaban J connectivity index is 1.99. The van der Waals surface area contributed by atoms with Crippen molar-refractivity contribution in [1.82, 2.24) is 0 Å². The molecule has 1 aliphatic carbocycles. The number of nitrogens with zero attached hydrogens (tertiary/aromatic N) is 1. The fourth-order valence-corrected chi connectivity index (χ4v) is 3.51. The smallest absolute Gasteiger partial charge is 0.317 e. The highest BCUT2D eigenvalue weighted by molar-refractivity contribution is 6.10. The van der Waals surface area contributed by atoms with Crippen LogP contribution < -0.4 is 0 Å². The van der Waals surface area contributed by atoms with Gasteiger partial charge in [0.15, 0.2) is 5.78 Å². The second-order valence-corrected chi connectivity index (χ2v) is 6.83. The topological polar surface area (TPSA) is 86.5 Å². The zero-order valence-electron chi connectivity index (χ0n) is 15.8. The second-order valence-electron chi connectivity index (χ2n) is 6.83. The first kappa shape index (κ1) is 19.5. The number of nitro groups is 1. The van der Waals surface area contributed by atoms with Crippen LogP contribution in [-0.4, -0.2) is 23.3 Å². The summed E-state index contributed by atoms with van der Waals surface area (Å²) in [6, 6.07) is 13.9. The van der Waals surface area contributed by atoms with E-state index in [1.54, 1.807) is 19.1 Å². The number of ether oxygens (including phenoxy) is 1. The molecule has 0 unspecified atom stereocenters. The molecule has 0 heterocycles. The highest BCUT2D eigenvalue weighted by atomic mass is 16.6. The van der Waals surface area contributed by atoms with Crippen molar-refractivity contribution in [2.45, 2.75) is 26.2 Å². The fourth-order valence-electron chi connectivity index (χ4n) is 3.51. The summed E-state index contributed by atoms with van der Waals surface area (Å²) in [6.45, 7) is 3.90. The predicted molar refractivity (Wildman–Crippen MR) is 105 cm³/mol. The van der Waals surface area contributed by atoms with Crippen molar-refractivity contribution < 1.29 is 19.2 Å². The van der Waals surface area contributed by atoms with E-state index in [-0.39, 0.29) is 24.0 Å². The third-order valence-electron chi connectivity index (χ3n) is 4.96. The zero-order valence-corrected chi connectivity index (χ0v) is 15.8. The van der Waals surface area contributed by atoms with Crippen molar-refractivity contribution >= 4 is 23.0 Å². The van der Waals surface area contributed by atoms with Gasteiger partial charge in [-0.05, 0) is 55.2 Å². The Hall–Kier alpha value is -3.28. The molecule has 0 aromatic heterocycles. The summed E-state index contributed by atoms with van der Waals surface area (Å²) in [7, 11) is 0. The lowest BCUT2D eigenvalue weighted by molar-refractivity contribution is -0.384. The molecule has 6 heteroatoms. The number of esters is 1. The van der Waals surface area contributed by atoms with E-state index in [1.807, 2.05) is 31.2 Å². The summed E-state index contributed by atoms with van der Waals surface area (Å²) in [5.41, 5.74) is 3.46. The minimum absolute atomic E-state index is 0.00836. The number of non-ortho nitro benzene ring substituents is 1. The van der Waals surface area contributed by atoms with Gasteiger partial charge in [0.1, 0.15) is 5.92 Å². The summed E-state index contributed by atoms with van der Waals surface area (Å²) in [6.07, 6.45) is 1.93. The summed E-state index contributed by atoms with van der Waals surface area (Å²) in [5.74, 6) is -2.05. The van der Waals surface area contributed by atoms with Gasteiger partial charge in [-0.1, -0.05) is 29.8 Å². The van der Waals surface area contributed by atoms with Gasteiger partial charge in [-0.2, -0.15) is 0 Å². The molecule has 0 fully saturated rings. The number of hydrogen-bond acceptors (Lipinski definition) is 5. The molecule has 0 amide bonds. The van der Waals surface area contributed by atoms with Crippen LogP contribution in [-0.2, 0) is 14.3 Å². The lowest BCUT2D eigenvalue weighted by Crippen LogP contribution is -2.34. The van der Waals surface area contributed by atoms with E-state index >= 15 is 0 Å². The van der Waals surface area contributed by atoms with E-state index in [1.165, 1.54) is 18.2 Å². The van der Waals surface area contributed by atoms with Gasteiger partial charge in [0, 0.05) is 18.1 Å². The normalized spacial score (nSPS) is 19.1. The van der Waals surface area contributed by atoms with E-state index in [0.717, 1.165) is 22.3 Å². The molecule has 6 nitrogen and oxygen atoms in total. The molecule has 0 bridgehead atoms. The third-order valence-corrected chi connectivity index (χ3v) is 4.96. The largest absolute Gasteiger partial charge is 0.465 e. The number of hydrogen-bond donors (Lipinski definition) is 0. The average Bonchev–Trinajstić information content (AvgIpc) is 2.68. The Morgan fingerprint density at radius 2 is 1.79 bits per heavy atom. The monoisotopic (exact) mass is 379 g/mol. The quantitative estimate of drug-likeness (QED) is 0.336. The fraction of sp³-hybridized carbons (Fsp3) is 0.273. The van der Waals surface area contributed by atoms with Crippen molar-refractivity contribution in [3.63, 3.8) is 0 Å². The Morgan fingerprint density at radius 3 is 2.36 bits per heavy atom. The van der Waals surface area contributed by atoms with Crippen molar-refractivity contribution in [3.05, 3.63) is 81.4 Å². The standard InChI is InChI=1S/C22H21NO5/c1-3-28-22(25)21-19(16-6-4-14(2)5-7-16)12-17(13-20(21)24)15-8-10-18(11-9-15)23(26)27/h4-11,13,19,21H,3,12H2,1-2H3/t19-,21-/m0/s1. The van der Waals surface area contributed by atoms with E-state index in [4.69, 9.17) is 4.74 Å². The molecule has 0 aliphatic heterocycles. The van der Waals surface area contributed by atoms with Crippen LogP contribution >= 0.6 is 0 Å². The third kappa shape index (κ3) is 4.01. The lowest BCUT2D eigenvalue weighted by Gasteiger charge is -2.29. The van der Waals surface area contributed by atoms with Crippen LogP contribution in [0.2, 0.25) is 0 Å². The molecule has 2 atom stereocenters. The molecule has 0 radical (unpaired) electrons. The van der Waals surface area contributed by atoms with Gasteiger partial charge in [-0.15, -0.1) is 0 Å². The maximum atomic E-state index is 12.8. The first-order valence-electron chi connectivity index (χ1n) is 9.13. The summed E-state index contributed by atoms with van der Waals surface area (Å²) < 4.78 is 5.15. The number of allylic oxidation sites excluding steroid dienone is 2. The van der Waals surface area contributed by atoms with E-state index in [2.05, 4.69) is 0 Å². The molecule has 0 saturated carbocycles. The number of carbonyl (C=O) groups excluding carboxylic acids is 2. The molecule has 3 rings (SSSR count). The number of ketones is 1. The molecule has 28 heavy (non-hydrogen) atoms. The van der Waals surface area contributed by atoms with Gasteiger partial charge >= 0.3 is 5.97 Å². The van der Waals surface area contributed by atoms with Crippen molar-refractivity contribution in [2.24, 2.45) is 5.92 Å². The van der Waals surface area contributed by atoms with Crippen LogP contribution in [0.15, 0.2) is 54.6 Å². The van der Waals surface area contributed by atoms with Crippen molar-refractivity contribution in [2.75, 3.05) is 6.61 Å². The Morgan fingerprint density at radius 1 is 1.14 bits per heavy atom. The highest BCUT2D eigenvalue weighted by Gasteiger charge is 2.39. The molecule has 2 aromatic carbocycles. The van der Waals surface area contributed by atoms with Gasteiger partial charge in [-0.3, -0.25) is 19.7 Å². The second kappa shape index (κ2) is 8.17. The minimum atomic E-state index is -0.885. The molecular weight excluding hydrogens is 358 g/mol. The number of carbonyl (C=O) groups is 2. The highest BCUT2D eigenvalue weighted by Crippen LogP contribution is 2.40. The Labute approximate surface area is 163 Å². The molecule has 0 saturated heterocycles. The van der Waals surface area contributed by atoms with Crippen LogP contribution in [0, 0.1) is 23.0 Å². The summed E-state index contributed by atoms with van der Waals surface area (Å²) in [4.78, 5) is 35.7. The van der Waals surface area contributed by atoms with Crippen molar-refractivity contribution in [1.29, 1.82) is 0 Å². The predicted octanol–water partition coefficient (Wildman–Crippen LogP) is 4.22. The number of aryl methyl sites for hydroxylation is 1. The first-order chi connectivity index (χ1) is 13.4.